The van der Waals surface area contributed by atoms with Gasteiger partial charge in [0.25, 0.3) is 0 Å². The fraction of sp³-hybridized carbons (Fsp3) is 0.312. The van der Waals surface area contributed by atoms with E-state index in [1.807, 2.05) is 0 Å². The zero-order valence-electron chi connectivity index (χ0n) is 11.9. The molecular weight excluding hydrogens is 332 g/mol. The Balaban J connectivity index is 1.93. The molecule has 0 radical (unpaired) electrons. The first kappa shape index (κ1) is 13.8. The number of halogens is 1. The van der Waals surface area contributed by atoms with E-state index in [1.54, 1.807) is 11.3 Å². The Morgan fingerprint density at radius 3 is 2.75 bits per heavy atom. The second kappa shape index (κ2) is 5.01. The summed E-state index contributed by atoms with van der Waals surface area (Å²) in [4.78, 5) is 4.77. The number of nitrogens with zero attached hydrogens (tertiary/aromatic N) is 2. The van der Waals surface area contributed by atoms with Crippen molar-refractivity contribution in [3.05, 3.63) is 51.0 Å². The summed E-state index contributed by atoms with van der Waals surface area (Å²) < 4.78 is 3.37. The molecule has 0 saturated heterocycles. The van der Waals surface area contributed by atoms with Crippen LogP contribution in [0.4, 0.5) is 0 Å². The number of thiazole rings is 1. The zero-order chi connectivity index (χ0) is 14.3. The van der Waals surface area contributed by atoms with E-state index < -0.39 is 0 Å². The molecule has 0 bridgehead atoms. The van der Waals surface area contributed by atoms with Gasteiger partial charge in [-0.3, -0.25) is 0 Å². The summed E-state index contributed by atoms with van der Waals surface area (Å²) in [6.07, 6.45) is 2.13. The molecule has 3 aromatic rings. The van der Waals surface area contributed by atoms with Gasteiger partial charge in [-0.25, -0.2) is 4.98 Å². The van der Waals surface area contributed by atoms with Gasteiger partial charge in [-0.1, -0.05) is 42.8 Å². The van der Waals surface area contributed by atoms with Crippen molar-refractivity contribution < 1.29 is 0 Å². The monoisotopic (exact) mass is 348 g/mol. The summed E-state index contributed by atoms with van der Waals surface area (Å²) in [5.74, 6) is 0. The molecule has 20 heavy (non-hydrogen) atoms. The lowest BCUT2D eigenvalue weighted by Crippen LogP contribution is -2.11. The number of benzene rings is 1. The maximum atomic E-state index is 4.77. The molecule has 0 amide bonds. The van der Waals surface area contributed by atoms with Crippen molar-refractivity contribution in [1.82, 2.24) is 9.55 Å². The van der Waals surface area contributed by atoms with Crippen LogP contribution < -0.4 is 0 Å². The molecule has 104 valence electrons. The summed E-state index contributed by atoms with van der Waals surface area (Å²) in [6, 6.07) is 8.53. The van der Waals surface area contributed by atoms with E-state index in [-0.39, 0.29) is 5.41 Å². The summed E-state index contributed by atoms with van der Waals surface area (Å²) in [5.41, 5.74) is 2.54. The van der Waals surface area contributed by atoms with Gasteiger partial charge in [0.2, 0.25) is 0 Å². The van der Waals surface area contributed by atoms with Gasteiger partial charge in [0, 0.05) is 27.0 Å². The van der Waals surface area contributed by atoms with Crippen LogP contribution in [-0.2, 0) is 12.0 Å². The van der Waals surface area contributed by atoms with Gasteiger partial charge in [-0.2, -0.15) is 0 Å². The minimum atomic E-state index is 0.122. The second-order valence-corrected chi connectivity index (χ2v) is 7.88. The molecule has 2 aromatic heterocycles. The molecule has 4 heteroatoms. The Hall–Kier alpha value is -1.13. The average Bonchev–Trinajstić information content (AvgIpc) is 2.97. The second-order valence-electron chi connectivity index (χ2n) is 6.02. The van der Waals surface area contributed by atoms with Crippen LogP contribution in [0.1, 0.15) is 31.5 Å². The Morgan fingerprint density at radius 2 is 2.05 bits per heavy atom. The van der Waals surface area contributed by atoms with Crippen molar-refractivity contribution in [1.29, 1.82) is 0 Å². The SMILES string of the molecule is CC(C)(C)c1csc(Cn2ccc3ccc(Br)cc32)n1. The van der Waals surface area contributed by atoms with Crippen molar-refractivity contribution in [3.63, 3.8) is 0 Å². The van der Waals surface area contributed by atoms with Crippen LogP contribution in [0.5, 0.6) is 0 Å². The van der Waals surface area contributed by atoms with Crippen molar-refractivity contribution in [3.8, 4) is 0 Å². The van der Waals surface area contributed by atoms with E-state index in [4.69, 9.17) is 4.98 Å². The first-order chi connectivity index (χ1) is 9.43. The molecule has 2 nitrogen and oxygen atoms in total. The normalized spacial score (nSPS) is 12.2. The van der Waals surface area contributed by atoms with Crippen LogP contribution in [0.15, 0.2) is 40.3 Å². The standard InChI is InChI=1S/C16H17BrN2S/c1-16(2,3)14-10-20-15(18-14)9-19-7-6-11-4-5-12(17)8-13(11)19/h4-8,10H,9H2,1-3H3. The highest BCUT2D eigenvalue weighted by atomic mass is 79.9. The maximum absolute atomic E-state index is 4.77. The molecular formula is C16H17BrN2S. The molecule has 3 rings (SSSR count). The molecule has 0 aliphatic carbocycles. The van der Waals surface area contributed by atoms with E-state index in [0.717, 1.165) is 16.0 Å². The number of fused-ring (bicyclic) bond motifs is 1. The van der Waals surface area contributed by atoms with Crippen LogP contribution in [0, 0.1) is 0 Å². The largest absolute Gasteiger partial charge is 0.341 e. The number of hydrogen-bond acceptors (Lipinski definition) is 2. The lowest BCUT2D eigenvalue weighted by Gasteiger charge is -2.14. The number of hydrogen-bond donors (Lipinski definition) is 0. The fourth-order valence-electron chi connectivity index (χ4n) is 2.17. The van der Waals surface area contributed by atoms with Crippen LogP contribution in [-0.4, -0.2) is 9.55 Å². The molecule has 0 N–H and O–H groups in total. The highest BCUT2D eigenvalue weighted by Crippen LogP contribution is 2.26. The first-order valence-electron chi connectivity index (χ1n) is 6.63. The predicted molar refractivity (Wildman–Crippen MR) is 89.6 cm³/mol. The quantitative estimate of drug-likeness (QED) is 0.621. The van der Waals surface area contributed by atoms with Crippen LogP contribution >= 0.6 is 27.3 Å². The smallest absolute Gasteiger partial charge is 0.113 e. The minimum absolute atomic E-state index is 0.122. The van der Waals surface area contributed by atoms with Crippen molar-refractivity contribution >= 4 is 38.2 Å². The van der Waals surface area contributed by atoms with Crippen LogP contribution in [0.3, 0.4) is 0 Å². The molecule has 0 spiro atoms. The van der Waals surface area contributed by atoms with E-state index in [9.17, 15) is 0 Å². The van der Waals surface area contributed by atoms with Gasteiger partial charge < -0.3 is 4.57 Å². The Kier molecular flexibility index (Phi) is 3.46. The lowest BCUT2D eigenvalue weighted by molar-refractivity contribution is 0.570. The van der Waals surface area contributed by atoms with E-state index in [1.165, 1.54) is 16.6 Å². The third-order valence-corrected chi connectivity index (χ3v) is 4.69. The van der Waals surface area contributed by atoms with Crippen molar-refractivity contribution in [2.45, 2.75) is 32.7 Å². The molecule has 0 unspecified atom stereocenters. The molecule has 1 aromatic carbocycles. The van der Waals surface area contributed by atoms with E-state index in [0.29, 0.717) is 0 Å². The summed E-state index contributed by atoms with van der Waals surface area (Å²) in [7, 11) is 0. The van der Waals surface area contributed by atoms with Gasteiger partial charge in [-0.15, -0.1) is 11.3 Å². The van der Waals surface area contributed by atoms with Crippen molar-refractivity contribution in [2.24, 2.45) is 0 Å². The molecule has 2 heterocycles. The minimum Gasteiger partial charge on any atom is -0.341 e. The van der Waals surface area contributed by atoms with Crippen LogP contribution in [0.2, 0.25) is 0 Å². The van der Waals surface area contributed by atoms with Gasteiger partial charge in [0.1, 0.15) is 5.01 Å². The number of aromatic nitrogens is 2. The lowest BCUT2D eigenvalue weighted by atomic mass is 9.93. The first-order valence-corrected chi connectivity index (χ1v) is 8.30. The van der Waals surface area contributed by atoms with Gasteiger partial charge in [-0.05, 0) is 23.6 Å². The molecule has 0 saturated carbocycles. The average molecular weight is 349 g/mol. The molecule has 0 aliphatic heterocycles. The molecule has 0 fully saturated rings. The predicted octanol–water partition coefficient (Wildman–Crippen LogP) is 5.21. The van der Waals surface area contributed by atoms with Gasteiger partial charge >= 0.3 is 0 Å². The Bertz CT molecular complexity index is 749. The highest BCUT2D eigenvalue weighted by molar-refractivity contribution is 9.10. The van der Waals surface area contributed by atoms with Crippen molar-refractivity contribution in [2.75, 3.05) is 0 Å². The highest BCUT2D eigenvalue weighted by Gasteiger charge is 2.17. The summed E-state index contributed by atoms with van der Waals surface area (Å²) in [6.45, 7) is 7.44. The topological polar surface area (TPSA) is 17.8 Å². The van der Waals surface area contributed by atoms with Crippen LogP contribution in [0.25, 0.3) is 10.9 Å². The van der Waals surface area contributed by atoms with Gasteiger partial charge in [0.05, 0.1) is 12.2 Å². The van der Waals surface area contributed by atoms with E-state index >= 15 is 0 Å². The molecule has 0 atom stereocenters. The van der Waals surface area contributed by atoms with Gasteiger partial charge in [0.15, 0.2) is 0 Å². The van der Waals surface area contributed by atoms with E-state index in [2.05, 4.69) is 77.1 Å². The summed E-state index contributed by atoms with van der Waals surface area (Å²) >= 11 is 5.28. The maximum Gasteiger partial charge on any atom is 0.113 e. The third-order valence-electron chi connectivity index (χ3n) is 3.36. The zero-order valence-corrected chi connectivity index (χ0v) is 14.3. The third kappa shape index (κ3) is 2.67. The summed E-state index contributed by atoms with van der Waals surface area (Å²) in [5, 5.41) is 4.60. The molecule has 0 aliphatic rings. The Morgan fingerprint density at radius 1 is 1.25 bits per heavy atom. The Labute approximate surface area is 131 Å². The number of rotatable bonds is 2. The fourth-order valence-corrected chi connectivity index (χ4v) is 3.54.